The van der Waals surface area contributed by atoms with Gasteiger partial charge in [0.2, 0.25) is 5.91 Å². The average Bonchev–Trinajstić information content (AvgIpc) is 2.97. The maximum Gasteiger partial charge on any atom is 0.271 e. The Morgan fingerprint density at radius 1 is 1.32 bits per heavy atom. The Balaban J connectivity index is 2.24. The van der Waals surface area contributed by atoms with Crippen LogP contribution in [0, 0.1) is 0 Å². The van der Waals surface area contributed by atoms with Gasteiger partial charge in [0.25, 0.3) is 5.91 Å². The van der Waals surface area contributed by atoms with Crippen molar-refractivity contribution in [2.75, 3.05) is 6.54 Å². The van der Waals surface area contributed by atoms with Crippen molar-refractivity contribution in [3.63, 3.8) is 0 Å². The van der Waals surface area contributed by atoms with Gasteiger partial charge in [-0.3, -0.25) is 9.59 Å². The van der Waals surface area contributed by atoms with Gasteiger partial charge < -0.3 is 16.8 Å². The van der Waals surface area contributed by atoms with E-state index in [0.717, 1.165) is 5.01 Å². The molecule has 116 valence electrons. The van der Waals surface area contributed by atoms with E-state index in [4.69, 9.17) is 11.5 Å². The second-order valence-electron chi connectivity index (χ2n) is 4.97. The van der Waals surface area contributed by atoms with Crippen LogP contribution in [0.3, 0.4) is 0 Å². The van der Waals surface area contributed by atoms with Gasteiger partial charge in [-0.25, -0.2) is 4.98 Å². The van der Waals surface area contributed by atoms with E-state index >= 15 is 0 Å². The molecule has 1 atom stereocenters. The molecule has 0 bridgehead atoms. The first-order chi connectivity index (χ1) is 10.5. The molecule has 1 unspecified atom stereocenters. The monoisotopic (exact) mass is 318 g/mol. The number of hydrogen-bond donors (Lipinski definition) is 3. The lowest BCUT2D eigenvalue weighted by Gasteiger charge is -2.27. The first-order valence-corrected chi connectivity index (χ1v) is 7.67. The Morgan fingerprint density at radius 2 is 2.00 bits per heavy atom. The summed E-state index contributed by atoms with van der Waals surface area (Å²) in [5.74, 6) is -1.07. The van der Waals surface area contributed by atoms with Gasteiger partial charge in [-0.2, -0.15) is 0 Å². The van der Waals surface area contributed by atoms with E-state index in [9.17, 15) is 9.59 Å². The molecule has 2 amide bonds. The number of amides is 2. The summed E-state index contributed by atoms with van der Waals surface area (Å²) in [6.45, 7) is 2.05. The van der Waals surface area contributed by atoms with Gasteiger partial charge in [0.05, 0.1) is 5.01 Å². The van der Waals surface area contributed by atoms with Crippen molar-refractivity contribution in [1.29, 1.82) is 0 Å². The highest BCUT2D eigenvalue weighted by atomic mass is 32.1. The summed E-state index contributed by atoms with van der Waals surface area (Å²) < 4.78 is 0. The molecular formula is C15H18N4O2S. The Bertz CT molecular complexity index is 671. The Morgan fingerprint density at radius 3 is 2.59 bits per heavy atom. The molecule has 0 fully saturated rings. The van der Waals surface area contributed by atoms with Crippen molar-refractivity contribution in [3.05, 3.63) is 52.0 Å². The fraction of sp³-hybridized carbons (Fsp3) is 0.267. The number of nitrogens with zero attached hydrogens (tertiary/aromatic N) is 1. The first-order valence-electron chi connectivity index (χ1n) is 6.80. The van der Waals surface area contributed by atoms with Crippen molar-refractivity contribution in [2.45, 2.75) is 18.9 Å². The highest BCUT2D eigenvalue weighted by Gasteiger charge is 2.35. The van der Waals surface area contributed by atoms with Crippen LogP contribution in [-0.2, 0) is 16.8 Å². The van der Waals surface area contributed by atoms with E-state index in [-0.39, 0.29) is 5.69 Å². The number of primary amides is 1. The summed E-state index contributed by atoms with van der Waals surface area (Å²) >= 11 is 1.36. The lowest BCUT2D eigenvalue weighted by atomic mass is 9.91. The fourth-order valence-electron chi connectivity index (χ4n) is 1.99. The topological polar surface area (TPSA) is 111 Å². The zero-order chi connectivity index (χ0) is 16.2. The second-order valence-corrected chi connectivity index (χ2v) is 5.92. The van der Waals surface area contributed by atoms with Crippen LogP contribution in [0.5, 0.6) is 0 Å². The Kier molecular flexibility index (Phi) is 4.89. The molecule has 0 aliphatic carbocycles. The van der Waals surface area contributed by atoms with Crippen molar-refractivity contribution in [1.82, 2.24) is 10.3 Å². The molecule has 5 N–H and O–H groups in total. The van der Waals surface area contributed by atoms with Crippen molar-refractivity contribution in [2.24, 2.45) is 11.5 Å². The Hall–Kier alpha value is -2.25. The van der Waals surface area contributed by atoms with Crippen LogP contribution in [0.4, 0.5) is 0 Å². The fourth-order valence-corrected chi connectivity index (χ4v) is 2.79. The van der Waals surface area contributed by atoms with Gasteiger partial charge in [-0.15, -0.1) is 11.3 Å². The average molecular weight is 318 g/mol. The van der Waals surface area contributed by atoms with Crippen molar-refractivity contribution in [3.8, 4) is 0 Å². The number of carbonyl (C=O) groups excluding carboxylic acids is 2. The number of benzene rings is 1. The number of rotatable bonds is 6. The molecule has 0 aliphatic rings. The molecule has 7 heteroatoms. The summed E-state index contributed by atoms with van der Waals surface area (Å²) in [5, 5.41) is 5.11. The lowest BCUT2D eigenvalue weighted by Crippen LogP contribution is -2.52. The van der Waals surface area contributed by atoms with Crippen LogP contribution < -0.4 is 16.8 Å². The summed E-state index contributed by atoms with van der Waals surface area (Å²) in [4.78, 5) is 28.4. The molecule has 22 heavy (non-hydrogen) atoms. The van der Waals surface area contributed by atoms with Crippen molar-refractivity contribution >= 4 is 23.2 Å². The van der Waals surface area contributed by atoms with Crippen LogP contribution in [0.1, 0.15) is 28.0 Å². The predicted octanol–water partition coefficient (Wildman–Crippen LogP) is 0.775. The van der Waals surface area contributed by atoms with E-state index in [1.54, 1.807) is 36.6 Å². The SMILES string of the molecule is CC(NC(=O)c1csc(CCN)n1)(C(N)=O)c1ccccc1. The van der Waals surface area contributed by atoms with E-state index in [0.29, 0.717) is 18.5 Å². The largest absolute Gasteiger partial charge is 0.367 e. The summed E-state index contributed by atoms with van der Waals surface area (Å²) in [6, 6.07) is 8.87. The van der Waals surface area contributed by atoms with Crippen molar-refractivity contribution < 1.29 is 9.59 Å². The minimum Gasteiger partial charge on any atom is -0.367 e. The maximum absolute atomic E-state index is 12.3. The van der Waals surface area contributed by atoms with Crippen LogP contribution >= 0.6 is 11.3 Å². The molecule has 2 rings (SSSR count). The molecule has 1 aromatic heterocycles. The standard InChI is InChI=1S/C15H18N4O2S/c1-15(14(17)21,10-5-3-2-4-6-10)19-13(20)11-9-22-12(18-11)7-8-16/h2-6,9H,7-8,16H2,1H3,(H2,17,21)(H,19,20). The number of nitrogens with two attached hydrogens (primary N) is 2. The highest BCUT2D eigenvalue weighted by molar-refractivity contribution is 7.09. The molecule has 1 aromatic carbocycles. The number of thiazole rings is 1. The molecule has 6 nitrogen and oxygen atoms in total. The third-order valence-electron chi connectivity index (χ3n) is 3.35. The second kappa shape index (κ2) is 6.67. The molecule has 2 aromatic rings. The predicted molar refractivity (Wildman–Crippen MR) is 85.3 cm³/mol. The molecule has 1 heterocycles. The minimum atomic E-state index is -1.30. The third kappa shape index (κ3) is 3.32. The number of nitrogens with one attached hydrogen (secondary N) is 1. The molecule has 0 radical (unpaired) electrons. The Labute approximate surface area is 132 Å². The molecule has 0 spiro atoms. The van der Waals surface area contributed by atoms with Gasteiger partial charge in [-0.05, 0) is 19.0 Å². The van der Waals surface area contributed by atoms with E-state index < -0.39 is 17.4 Å². The minimum absolute atomic E-state index is 0.261. The zero-order valence-corrected chi connectivity index (χ0v) is 13.0. The van der Waals surface area contributed by atoms with Gasteiger partial charge in [0.15, 0.2) is 0 Å². The van der Waals surface area contributed by atoms with E-state index in [1.807, 2.05) is 6.07 Å². The van der Waals surface area contributed by atoms with E-state index in [1.165, 1.54) is 11.3 Å². The molecule has 0 saturated carbocycles. The molecule has 0 saturated heterocycles. The smallest absolute Gasteiger partial charge is 0.271 e. The van der Waals surface area contributed by atoms with Crippen LogP contribution in [0.25, 0.3) is 0 Å². The van der Waals surface area contributed by atoms with Crippen LogP contribution in [0.15, 0.2) is 35.7 Å². The quantitative estimate of drug-likeness (QED) is 0.730. The van der Waals surface area contributed by atoms with Gasteiger partial charge in [0, 0.05) is 11.8 Å². The molecular weight excluding hydrogens is 300 g/mol. The zero-order valence-electron chi connectivity index (χ0n) is 12.2. The third-order valence-corrected chi connectivity index (χ3v) is 4.26. The number of aromatic nitrogens is 1. The lowest BCUT2D eigenvalue weighted by molar-refractivity contribution is -0.123. The highest BCUT2D eigenvalue weighted by Crippen LogP contribution is 2.21. The van der Waals surface area contributed by atoms with Gasteiger partial charge in [-0.1, -0.05) is 30.3 Å². The summed E-state index contributed by atoms with van der Waals surface area (Å²) in [6.07, 6.45) is 0.615. The maximum atomic E-state index is 12.3. The van der Waals surface area contributed by atoms with E-state index in [2.05, 4.69) is 10.3 Å². The number of hydrogen-bond acceptors (Lipinski definition) is 5. The summed E-state index contributed by atoms with van der Waals surface area (Å²) in [5.41, 5.74) is 10.5. The first kappa shape index (κ1) is 16.1. The molecule has 0 aliphatic heterocycles. The summed E-state index contributed by atoms with van der Waals surface area (Å²) in [7, 11) is 0. The van der Waals surface area contributed by atoms with Crippen LogP contribution in [0.2, 0.25) is 0 Å². The van der Waals surface area contributed by atoms with Gasteiger partial charge in [0.1, 0.15) is 11.2 Å². The van der Waals surface area contributed by atoms with Crippen LogP contribution in [-0.4, -0.2) is 23.3 Å². The van der Waals surface area contributed by atoms with Gasteiger partial charge >= 0.3 is 0 Å². The normalized spacial score (nSPS) is 13.4. The number of carbonyl (C=O) groups is 2.